The molecular weight excluding hydrogens is 582 g/mol. The fraction of sp³-hybridized carbons (Fsp3) is 0.229. The zero-order chi connectivity index (χ0) is 30.8. The van der Waals surface area contributed by atoms with E-state index in [0.29, 0.717) is 11.4 Å². The number of amides is 1. The fourth-order valence-electron chi connectivity index (χ4n) is 5.15. The number of benzene rings is 3. The molecule has 0 saturated heterocycles. The number of fused-ring (bicyclic) bond motifs is 1. The van der Waals surface area contributed by atoms with E-state index in [1.165, 1.54) is 5.39 Å². The number of aliphatic carboxylic acids is 2. The van der Waals surface area contributed by atoms with Crippen molar-refractivity contribution < 1.29 is 24.6 Å². The van der Waals surface area contributed by atoms with Crippen molar-refractivity contribution in [3.8, 4) is 0 Å². The molecule has 3 atom stereocenters. The number of carbonyl (C=O) groups excluding carboxylic acids is 1. The van der Waals surface area contributed by atoms with E-state index in [1.807, 2.05) is 72.3 Å². The Morgan fingerprint density at radius 1 is 0.884 bits per heavy atom. The predicted molar refractivity (Wildman–Crippen MR) is 174 cm³/mol. The van der Waals surface area contributed by atoms with Crippen LogP contribution in [0.1, 0.15) is 48.8 Å². The van der Waals surface area contributed by atoms with Gasteiger partial charge in [0.2, 0.25) is 5.91 Å². The van der Waals surface area contributed by atoms with Gasteiger partial charge in [-0.25, -0.2) is 0 Å². The van der Waals surface area contributed by atoms with Crippen molar-refractivity contribution >= 4 is 63.7 Å². The van der Waals surface area contributed by atoms with Gasteiger partial charge < -0.3 is 15.1 Å². The van der Waals surface area contributed by atoms with Crippen LogP contribution in [0.2, 0.25) is 5.02 Å². The number of thiophene rings is 1. The zero-order valence-corrected chi connectivity index (χ0v) is 25.4. The molecule has 2 N–H and O–H groups in total. The van der Waals surface area contributed by atoms with Gasteiger partial charge >= 0.3 is 11.9 Å². The Labute approximate surface area is 260 Å². The van der Waals surface area contributed by atoms with Gasteiger partial charge in [-0.2, -0.15) is 11.3 Å². The van der Waals surface area contributed by atoms with E-state index >= 15 is 0 Å². The number of hydrogen-bond donors (Lipinski definition) is 2. The van der Waals surface area contributed by atoms with Crippen LogP contribution in [0.3, 0.4) is 0 Å². The number of carbonyl (C=O) groups is 3. The standard InChI is InChI=1S/C35H34ClNO5S/c1-24(37(18-5-7-26-17-19-43-23-26)33(38)21-30(35(41)42)22-34(39)40)32(28-13-15-31(36)16-14-28)10-4-6-25-11-12-27-8-2-3-9-29(27)20-25/h2-9,11-17,19-20,23-24,30,32H,10,18,21-22H2,1H3,(H,39,40)(H,41,42)/b6-4+,7-5+. The van der Waals surface area contributed by atoms with E-state index < -0.39 is 36.6 Å². The highest BCUT2D eigenvalue weighted by molar-refractivity contribution is 7.08. The maximum Gasteiger partial charge on any atom is 0.307 e. The summed E-state index contributed by atoms with van der Waals surface area (Å²) in [5.41, 5.74) is 3.05. The van der Waals surface area contributed by atoms with Crippen LogP contribution in [0.15, 0.2) is 95.7 Å². The van der Waals surface area contributed by atoms with Crippen molar-refractivity contribution in [2.75, 3.05) is 6.54 Å². The van der Waals surface area contributed by atoms with Gasteiger partial charge in [0.1, 0.15) is 0 Å². The lowest BCUT2D eigenvalue weighted by atomic mass is 9.87. The second kappa shape index (κ2) is 15.3. The summed E-state index contributed by atoms with van der Waals surface area (Å²) < 4.78 is 0. The molecule has 1 aromatic heterocycles. The number of halogens is 1. The molecule has 0 spiro atoms. The molecule has 0 saturated carbocycles. The third-order valence-corrected chi connectivity index (χ3v) is 8.47. The average Bonchev–Trinajstić information content (AvgIpc) is 3.51. The minimum absolute atomic E-state index is 0.143. The smallest absolute Gasteiger partial charge is 0.307 e. The molecule has 8 heteroatoms. The van der Waals surface area contributed by atoms with E-state index in [9.17, 15) is 24.6 Å². The third-order valence-electron chi connectivity index (χ3n) is 7.51. The van der Waals surface area contributed by atoms with Crippen molar-refractivity contribution in [2.45, 2.75) is 38.1 Å². The molecule has 0 radical (unpaired) electrons. The summed E-state index contributed by atoms with van der Waals surface area (Å²) in [5.74, 6) is -4.43. The van der Waals surface area contributed by atoms with Gasteiger partial charge in [0.15, 0.2) is 0 Å². The summed E-state index contributed by atoms with van der Waals surface area (Å²) in [6, 6.07) is 23.6. The van der Waals surface area contributed by atoms with E-state index in [1.54, 1.807) is 16.2 Å². The number of allylic oxidation sites excluding steroid dienone is 1. The van der Waals surface area contributed by atoms with Crippen LogP contribution in [0.4, 0.5) is 0 Å². The van der Waals surface area contributed by atoms with E-state index in [0.717, 1.165) is 22.1 Å². The Bertz CT molecular complexity index is 1600. The summed E-state index contributed by atoms with van der Waals surface area (Å²) in [6.07, 6.45) is 7.54. The van der Waals surface area contributed by atoms with Crippen molar-refractivity contribution in [3.63, 3.8) is 0 Å². The van der Waals surface area contributed by atoms with Crippen molar-refractivity contribution in [3.05, 3.63) is 117 Å². The number of rotatable bonds is 14. The lowest BCUT2D eigenvalue weighted by Gasteiger charge is -2.35. The molecule has 1 amide bonds. The first-order chi connectivity index (χ1) is 20.7. The third kappa shape index (κ3) is 9.14. The average molecular weight is 616 g/mol. The summed E-state index contributed by atoms with van der Waals surface area (Å²) in [5, 5.41) is 25.7. The Balaban J connectivity index is 1.62. The summed E-state index contributed by atoms with van der Waals surface area (Å²) in [7, 11) is 0. The van der Waals surface area contributed by atoms with Crippen LogP contribution in [0.5, 0.6) is 0 Å². The molecule has 3 aromatic carbocycles. The van der Waals surface area contributed by atoms with Gasteiger partial charge in [-0.3, -0.25) is 14.4 Å². The molecule has 4 rings (SSSR count). The second-order valence-electron chi connectivity index (χ2n) is 10.5. The molecule has 0 aliphatic rings. The minimum Gasteiger partial charge on any atom is -0.481 e. The SMILES string of the molecule is CC(C(C/C=C/c1ccc2ccccc2c1)c1ccc(Cl)cc1)N(C/C=C/c1ccsc1)C(=O)CC(CC(=O)O)C(=O)O. The van der Waals surface area contributed by atoms with E-state index in [4.69, 9.17) is 11.6 Å². The Morgan fingerprint density at radius 2 is 1.60 bits per heavy atom. The predicted octanol–water partition coefficient (Wildman–Crippen LogP) is 8.24. The molecule has 0 aliphatic heterocycles. The van der Waals surface area contributed by atoms with Gasteiger partial charge in [-0.15, -0.1) is 0 Å². The van der Waals surface area contributed by atoms with Crippen LogP contribution >= 0.6 is 22.9 Å². The minimum atomic E-state index is -1.32. The monoisotopic (exact) mass is 615 g/mol. The molecule has 0 aliphatic carbocycles. The summed E-state index contributed by atoms with van der Waals surface area (Å²) >= 11 is 7.76. The van der Waals surface area contributed by atoms with Crippen molar-refractivity contribution in [2.24, 2.45) is 5.92 Å². The number of carboxylic acids is 2. The normalized spacial score (nSPS) is 13.7. The number of nitrogens with zero attached hydrogens (tertiary/aromatic N) is 1. The first-order valence-electron chi connectivity index (χ1n) is 14.0. The fourth-order valence-corrected chi connectivity index (χ4v) is 5.91. The topological polar surface area (TPSA) is 94.9 Å². The molecular formula is C35H34ClNO5S. The second-order valence-corrected chi connectivity index (χ2v) is 11.7. The Hall–Kier alpha value is -4.20. The van der Waals surface area contributed by atoms with Gasteiger partial charge in [0, 0.05) is 29.9 Å². The molecule has 0 fully saturated rings. The highest BCUT2D eigenvalue weighted by Gasteiger charge is 2.31. The first kappa shape index (κ1) is 31.7. The van der Waals surface area contributed by atoms with Crippen LogP contribution in [-0.4, -0.2) is 45.5 Å². The molecule has 4 aromatic rings. The van der Waals surface area contributed by atoms with Crippen LogP contribution in [-0.2, 0) is 14.4 Å². The maximum atomic E-state index is 13.7. The van der Waals surface area contributed by atoms with Crippen LogP contribution in [0.25, 0.3) is 22.9 Å². The molecule has 222 valence electrons. The van der Waals surface area contributed by atoms with Gasteiger partial charge in [0.05, 0.1) is 12.3 Å². The lowest BCUT2D eigenvalue weighted by molar-refractivity contribution is -0.151. The van der Waals surface area contributed by atoms with Crippen LogP contribution in [0, 0.1) is 5.92 Å². The highest BCUT2D eigenvalue weighted by atomic mass is 35.5. The van der Waals surface area contributed by atoms with Gasteiger partial charge in [-0.1, -0.05) is 84.4 Å². The summed E-state index contributed by atoms with van der Waals surface area (Å²) in [4.78, 5) is 38.5. The maximum absolute atomic E-state index is 13.7. The van der Waals surface area contributed by atoms with Gasteiger partial charge in [-0.05, 0) is 75.8 Å². The van der Waals surface area contributed by atoms with Crippen molar-refractivity contribution in [1.29, 1.82) is 0 Å². The molecule has 6 nitrogen and oxygen atoms in total. The molecule has 1 heterocycles. The number of hydrogen-bond acceptors (Lipinski definition) is 4. The quantitative estimate of drug-likeness (QED) is 0.149. The lowest BCUT2D eigenvalue weighted by Crippen LogP contribution is -2.43. The van der Waals surface area contributed by atoms with E-state index in [2.05, 4.69) is 42.5 Å². The van der Waals surface area contributed by atoms with Crippen molar-refractivity contribution in [1.82, 2.24) is 4.90 Å². The molecule has 43 heavy (non-hydrogen) atoms. The number of carboxylic acid groups (broad SMARTS) is 2. The summed E-state index contributed by atoms with van der Waals surface area (Å²) in [6.45, 7) is 2.19. The van der Waals surface area contributed by atoms with E-state index in [-0.39, 0.29) is 18.5 Å². The molecule has 3 unspecified atom stereocenters. The highest BCUT2D eigenvalue weighted by Crippen LogP contribution is 2.30. The van der Waals surface area contributed by atoms with Crippen LogP contribution < -0.4 is 0 Å². The zero-order valence-electron chi connectivity index (χ0n) is 23.8. The van der Waals surface area contributed by atoms with Gasteiger partial charge in [0.25, 0.3) is 0 Å². The first-order valence-corrected chi connectivity index (χ1v) is 15.4. The Kier molecular flexibility index (Phi) is 11.3. The largest absolute Gasteiger partial charge is 0.481 e. The molecule has 0 bridgehead atoms. The Morgan fingerprint density at radius 3 is 2.28 bits per heavy atom.